The van der Waals surface area contributed by atoms with Crippen LogP contribution in [0.2, 0.25) is 5.02 Å². The molecule has 11 nitrogen and oxygen atoms in total. The SMILES string of the molecule is C[C@@H]1C[C@@H](O)c2ncnc(N3CCN(C(=O)[C@H](CNCCOCCOCCC(=O)O)c4ccc(Cl)cc4)CC3)c21.Cl.Cl. The summed E-state index contributed by atoms with van der Waals surface area (Å²) in [6, 6.07) is 7.39. The first kappa shape index (κ1) is 35.9. The second-order valence-electron chi connectivity index (χ2n) is 10.1. The summed E-state index contributed by atoms with van der Waals surface area (Å²) in [5.74, 6) is -0.152. The smallest absolute Gasteiger partial charge is 0.305 e. The fourth-order valence-electron chi connectivity index (χ4n) is 5.23. The molecule has 3 N–H and O–H groups in total. The number of amides is 1. The lowest BCUT2D eigenvalue weighted by Gasteiger charge is -2.38. The first-order chi connectivity index (χ1) is 19.3. The van der Waals surface area contributed by atoms with Crippen molar-refractivity contribution in [1.29, 1.82) is 0 Å². The van der Waals surface area contributed by atoms with E-state index >= 15 is 0 Å². The van der Waals surface area contributed by atoms with Gasteiger partial charge in [-0.3, -0.25) is 9.59 Å². The zero-order valence-electron chi connectivity index (χ0n) is 23.6. The number of halogens is 3. The number of ether oxygens (including phenoxy) is 2. The van der Waals surface area contributed by atoms with Gasteiger partial charge in [0.1, 0.15) is 12.1 Å². The van der Waals surface area contributed by atoms with Gasteiger partial charge in [-0.25, -0.2) is 9.97 Å². The maximum atomic E-state index is 13.7. The number of hydrogen-bond donors (Lipinski definition) is 3. The number of aromatic nitrogens is 2. The predicted molar refractivity (Wildman–Crippen MR) is 164 cm³/mol. The summed E-state index contributed by atoms with van der Waals surface area (Å²) in [5, 5.41) is 22.9. The van der Waals surface area contributed by atoms with Crippen molar-refractivity contribution in [3.8, 4) is 0 Å². The highest BCUT2D eigenvalue weighted by atomic mass is 35.5. The van der Waals surface area contributed by atoms with E-state index in [0.717, 1.165) is 22.6 Å². The fraction of sp³-hybridized carbons (Fsp3) is 0.571. The van der Waals surface area contributed by atoms with Gasteiger partial charge < -0.3 is 34.8 Å². The minimum atomic E-state index is -0.888. The van der Waals surface area contributed by atoms with Crippen molar-refractivity contribution in [3.63, 3.8) is 0 Å². The number of nitrogens with zero attached hydrogens (tertiary/aromatic N) is 4. The maximum Gasteiger partial charge on any atom is 0.305 e. The Kier molecular flexibility index (Phi) is 15.2. The van der Waals surface area contributed by atoms with Gasteiger partial charge in [-0.1, -0.05) is 30.7 Å². The third kappa shape index (κ3) is 9.63. The van der Waals surface area contributed by atoms with E-state index in [1.54, 1.807) is 12.1 Å². The van der Waals surface area contributed by atoms with Gasteiger partial charge in [0.15, 0.2) is 0 Å². The van der Waals surface area contributed by atoms with Crippen LogP contribution in [0.3, 0.4) is 0 Å². The average molecular weight is 649 g/mol. The van der Waals surface area contributed by atoms with Crippen LogP contribution in [0.25, 0.3) is 0 Å². The van der Waals surface area contributed by atoms with E-state index in [2.05, 4.69) is 27.1 Å². The second-order valence-corrected chi connectivity index (χ2v) is 10.6. The van der Waals surface area contributed by atoms with Crippen LogP contribution >= 0.6 is 36.4 Å². The number of aliphatic hydroxyl groups excluding tert-OH is 1. The van der Waals surface area contributed by atoms with Crippen LogP contribution in [0.15, 0.2) is 30.6 Å². The van der Waals surface area contributed by atoms with Gasteiger partial charge in [-0.15, -0.1) is 24.8 Å². The number of rotatable bonds is 14. The Hall–Kier alpha value is -2.25. The number of hydrogen-bond acceptors (Lipinski definition) is 9. The summed E-state index contributed by atoms with van der Waals surface area (Å²) in [6.45, 7) is 6.87. The first-order valence-electron chi connectivity index (χ1n) is 13.7. The molecule has 0 radical (unpaired) electrons. The second kappa shape index (κ2) is 17.8. The van der Waals surface area contributed by atoms with Crippen molar-refractivity contribution in [2.45, 2.75) is 37.7 Å². The average Bonchev–Trinajstić information content (AvgIpc) is 3.25. The monoisotopic (exact) mass is 647 g/mol. The van der Waals surface area contributed by atoms with E-state index in [-0.39, 0.29) is 55.6 Å². The molecular formula is C28H40Cl3N5O6. The number of nitrogens with one attached hydrogen (secondary N) is 1. The van der Waals surface area contributed by atoms with Crippen LogP contribution in [0.1, 0.15) is 54.5 Å². The first-order valence-corrected chi connectivity index (χ1v) is 14.1. The normalized spacial score (nSPS) is 18.5. The van der Waals surface area contributed by atoms with Crippen LogP contribution in [0.4, 0.5) is 5.82 Å². The number of anilines is 1. The number of carbonyl (C=O) groups excluding carboxylic acids is 1. The lowest BCUT2D eigenvalue weighted by atomic mass is 9.97. The number of piperazine rings is 1. The Morgan fingerprint density at radius 1 is 1.05 bits per heavy atom. The standard InChI is InChI=1S/C28H38ClN5O6.2ClH/c1-19-16-23(35)26-25(19)27(32-18-31-26)33-8-10-34(11-9-33)28(38)22(20-2-4-21(29)5-3-20)17-30-7-13-40-15-14-39-12-6-24(36)37;;/h2-5,18-19,22-23,30,35H,6-17H2,1H3,(H,36,37);2*1H/t19-,22-,23-;;/m1../s1. The molecule has 1 aromatic carbocycles. The minimum absolute atomic E-state index is 0. The Balaban J connectivity index is 0.00000308. The largest absolute Gasteiger partial charge is 0.481 e. The van der Waals surface area contributed by atoms with Crippen LogP contribution in [0.5, 0.6) is 0 Å². The molecule has 42 heavy (non-hydrogen) atoms. The van der Waals surface area contributed by atoms with Gasteiger partial charge in [0.05, 0.1) is 50.6 Å². The molecule has 3 atom stereocenters. The molecule has 0 unspecified atom stereocenters. The molecule has 0 bridgehead atoms. The Labute approximate surface area is 263 Å². The summed E-state index contributed by atoms with van der Waals surface area (Å²) >= 11 is 6.10. The van der Waals surface area contributed by atoms with Crippen LogP contribution in [-0.2, 0) is 19.1 Å². The zero-order chi connectivity index (χ0) is 28.5. The van der Waals surface area contributed by atoms with E-state index < -0.39 is 12.1 Å². The number of carboxylic acids is 1. The summed E-state index contributed by atoms with van der Waals surface area (Å²) in [7, 11) is 0. The van der Waals surface area contributed by atoms with Gasteiger partial charge in [0.25, 0.3) is 0 Å². The van der Waals surface area contributed by atoms with Crippen molar-refractivity contribution in [3.05, 3.63) is 52.4 Å². The highest BCUT2D eigenvalue weighted by Gasteiger charge is 2.35. The summed E-state index contributed by atoms with van der Waals surface area (Å²) in [5.41, 5.74) is 2.64. The van der Waals surface area contributed by atoms with Gasteiger partial charge >= 0.3 is 5.97 Å². The molecule has 14 heteroatoms. The summed E-state index contributed by atoms with van der Waals surface area (Å²) in [4.78, 5) is 37.2. The van der Waals surface area contributed by atoms with Gasteiger partial charge in [0.2, 0.25) is 5.91 Å². The molecule has 1 aliphatic heterocycles. The van der Waals surface area contributed by atoms with E-state index in [4.69, 9.17) is 26.2 Å². The molecule has 2 heterocycles. The van der Waals surface area contributed by atoms with Crippen molar-refractivity contribution in [2.75, 3.05) is 70.6 Å². The predicted octanol–water partition coefficient (Wildman–Crippen LogP) is 3.04. The number of carboxylic acid groups (broad SMARTS) is 1. The third-order valence-corrected chi connectivity index (χ3v) is 7.60. The Morgan fingerprint density at radius 2 is 1.71 bits per heavy atom. The molecule has 0 saturated carbocycles. The quantitative estimate of drug-likeness (QED) is 0.262. The van der Waals surface area contributed by atoms with Crippen LogP contribution < -0.4 is 10.2 Å². The molecule has 1 fully saturated rings. The van der Waals surface area contributed by atoms with Crippen LogP contribution in [0, 0.1) is 0 Å². The number of carbonyl (C=O) groups is 2. The molecule has 1 saturated heterocycles. The molecule has 1 aliphatic carbocycles. The lowest BCUT2D eigenvalue weighted by Crippen LogP contribution is -2.51. The van der Waals surface area contributed by atoms with E-state index in [1.807, 2.05) is 17.0 Å². The Morgan fingerprint density at radius 3 is 2.38 bits per heavy atom. The molecular weight excluding hydrogens is 609 g/mol. The molecule has 1 amide bonds. The highest BCUT2D eigenvalue weighted by Crippen LogP contribution is 2.42. The van der Waals surface area contributed by atoms with Crippen molar-refractivity contribution < 1.29 is 29.3 Å². The zero-order valence-corrected chi connectivity index (χ0v) is 26.0. The topological polar surface area (TPSA) is 137 Å². The maximum absolute atomic E-state index is 13.7. The lowest BCUT2D eigenvalue weighted by molar-refractivity contribution is -0.138. The minimum Gasteiger partial charge on any atom is -0.481 e. The third-order valence-electron chi connectivity index (χ3n) is 7.34. The molecule has 4 rings (SSSR count). The van der Waals surface area contributed by atoms with Crippen molar-refractivity contribution >= 4 is 54.1 Å². The van der Waals surface area contributed by atoms with E-state index in [9.17, 15) is 14.7 Å². The van der Waals surface area contributed by atoms with Gasteiger partial charge in [-0.05, 0) is 30.0 Å². The highest BCUT2D eigenvalue weighted by molar-refractivity contribution is 6.30. The number of aliphatic carboxylic acids is 1. The van der Waals surface area contributed by atoms with Crippen molar-refractivity contribution in [2.24, 2.45) is 0 Å². The summed E-state index contributed by atoms with van der Waals surface area (Å²) in [6.07, 6.45) is 1.60. The molecule has 234 valence electrons. The van der Waals surface area contributed by atoms with Crippen LogP contribution in [-0.4, -0.2) is 103 Å². The molecule has 2 aliphatic rings. The fourth-order valence-corrected chi connectivity index (χ4v) is 5.35. The number of benzene rings is 1. The summed E-state index contributed by atoms with van der Waals surface area (Å²) < 4.78 is 10.8. The van der Waals surface area contributed by atoms with Gasteiger partial charge in [-0.2, -0.15) is 0 Å². The number of aliphatic hydroxyl groups is 1. The molecule has 0 spiro atoms. The number of fused-ring (bicyclic) bond motifs is 1. The van der Waals surface area contributed by atoms with Crippen molar-refractivity contribution in [1.82, 2.24) is 20.2 Å². The molecule has 1 aromatic heterocycles. The molecule has 2 aromatic rings. The Bertz CT molecular complexity index is 1140. The van der Waals surface area contributed by atoms with E-state index in [1.165, 1.54) is 6.33 Å². The van der Waals surface area contributed by atoms with E-state index in [0.29, 0.717) is 70.5 Å². The van der Waals surface area contributed by atoms with Gasteiger partial charge in [0, 0.05) is 49.9 Å².